The van der Waals surface area contributed by atoms with Gasteiger partial charge in [0, 0.05) is 0 Å². The van der Waals surface area contributed by atoms with E-state index >= 15 is 0 Å². The van der Waals surface area contributed by atoms with Crippen LogP contribution in [0, 0.1) is 0 Å². The summed E-state index contributed by atoms with van der Waals surface area (Å²) in [6.45, 7) is 6.37. The Morgan fingerprint density at radius 3 is 1.04 bits per heavy atom. The third kappa shape index (κ3) is 3.04. The maximum absolute atomic E-state index is 13.8. The number of alkyl halides is 6. The van der Waals surface area contributed by atoms with Crippen LogP contribution in [-0.4, -0.2) is 25.8 Å². The van der Waals surface area contributed by atoms with Gasteiger partial charge >= 0.3 is 12.4 Å². The van der Waals surface area contributed by atoms with Gasteiger partial charge in [0.15, 0.2) is 0 Å². The molecule has 0 saturated heterocycles. The number of nitrogens with zero attached hydrogens (tertiary/aromatic N) is 2. The van der Waals surface area contributed by atoms with Gasteiger partial charge in [-0.1, -0.05) is 24.3 Å². The molecule has 0 fully saturated rings. The first-order chi connectivity index (χ1) is 11.6. The molecule has 0 aliphatic rings. The Morgan fingerprint density at radius 2 is 0.840 bits per heavy atom. The minimum Gasteiger partial charge on any atom is -0.265 e. The van der Waals surface area contributed by atoms with Crippen molar-refractivity contribution in [2.75, 3.05) is 0 Å². The van der Waals surface area contributed by atoms with E-state index in [0.717, 1.165) is 48.5 Å². The monoisotopic (exact) mass is 358 g/mol. The second kappa shape index (κ2) is 6.34. The number of hydrogen-bond acceptors (Lipinski definition) is 2. The summed E-state index contributed by atoms with van der Waals surface area (Å²) in [5.41, 5.74) is -5.78. The van der Waals surface area contributed by atoms with Crippen molar-refractivity contribution in [3.05, 3.63) is 59.7 Å². The van der Waals surface area contributed by atoms with Gasteiger partial charge in [0.05, 0.1) is 11.4 Å². The second-order valence-electron chi connectivity index (χ2n) is 5.16. The van der Waals surface area contributed by atoms with Crippen LogP contribution in [0.2, 0.25) is 0 Å². The number of benzene rings is 2. The van der Waals surface area contributed by atoms with Crippen LogP contribution in [0.1, 0.15) is 11.1 Å². The van der Waals surface area contributed by atoms with Crippen LogP contribution in [0.3, 0.4) is 0 Å². The number of rotatable bonds is 4. The summed E-state index contributed by atoms with van der Waals surface area (Å²) in [4.78, 5) is 6.96. The number of hydrogen-bond donors (Lipinski definition) is 0. The molecule has 0 aliphatic carbocycles. The van der Waals surface area contributed by atoms with Gasteiger partial charge in [0.1, 0.15) is 0 Å². The highest BCUT2D eigenvalue weighted by Gasteiger charge is 2.72. The highest BCUT2D eigenvalue weighted by molar-refractivity contribution is 5.53. The predicted octanol–water partition coefficient (Wildman–Crippen LogP) is 5.76. The molecule has 0 radical (unpaired) electrons. The van der Waals surface area contributed by atoms with Crippen LogP contribution in [-0.2, 0) is 5.41 Å². The van der Waals surface area contributed by atoms with E-state index in [1.165, 1.54) is 0 Å². The zero-order valence-electron chi connectivity index (χ0n) is 12.7. The Bertz CT molecular complexity index is 690. The largest absolute Gasteiger partial charge is 0.411 e. The van der Waals surface area contributed by atoms with Crippen molar-refractivity contribution in [2.45, 2.75) is 17.8 Å². The smallest absolute Gasteiger partial charge is 0.265 e. The Morgan fingerprint density at radius 1 is 0.560 bits per heavy atom. The molecular weight excluding hydrogens is 346 g/mol. The van der Waals surface area contributed by atoms with E-state index in [0.29, 0.717) is 0 Å². The van der Waals surface area contributed by atoms with Crippen LogP contribution >= 0.6 is 0 Å². The standard InChI is InChI=1S/C17H12F6N2/c1-24-13-7-3-11(4-8-13)15(16(18,19)20,17(21,22)23)12-5-9-14(25-2)10-6-12/h3-10H,1-2H2. The van der Waals surface area contributed by atoms with Crippen molar-refractivity contribution in [1.82, 2.24) is 0 Å². The summed E-state index contributed by atoms with van der Waals surface area (Å²) >= 11 is 0. The fourth-order valence-electron chi connectivity index (χ4n) is 2.62. The second-order valence-corrected chi connectivity index (χ2v) is 5.16. The van der Waals surface area contributed by atoms with E-state index in [9.17, 15) is 26.3 Å². The SMILES string of the molecule is C=Nc1ccc(C(c2ccc(N=C)cc2)(C(F)(F)F)C(F)(F)F)cc1. The van der Waals surface area contributed by atoms with Gasteiger partial charge in [-0.15, -0.1) is 0 Å². The summed E-state index contributed by atoms with van der Waals surface area (Å²) in [7, 11) is 0. The first-order valence-electron chi connectivity index (χ1n) is 6.86. The average Bonchev–Trinajstić information content (AvgIpc) is 2.54. The third-order valence-corrected chi connectivity index (χ3v) is 3.82. The zero-order chi connectivity index (χ0) is 18.9. The molecule has 0 atom stereocenters. The topological polar surface area (TPSA) is 24.7 Å². The lowest BCUT2D eigenvalue weighted by Gasteiger charge is -2.38. The highest BCUT2D eigenvalue weighted by atomic mass is 19.4. The van der Waals surface area contributed by atoms with Gasteiger partial charge in [-0.05, 0) is 48.8 Å². The van der Waals surface area contributed by atoms with E-state index in [4.69, 9.17) is 0 Å². The molecule has 2 aromatic carbocycles. The first-order valence-corrected chi connectivity index (χ1v) is 6.86. The molecule has 0 N–H and O–H groups in total. The molecule has 0 heterocycles. The number of halogens is 6. The molecule has 0 saturated carbocycles. The minimum absolute atomic E-state index is 0.160. The van der Waals surface area contributed by atoms with E-state index in [-0.39, 0.29) is 11.4 Å². The van der Waals surface area contributed by atoms with Gasteiger partial charge in [0.2, 0.25) is 5.41 Å². The molecule has 2 rings (SSSR count). The first kappa shape index (κ1) is 18.7. The van der Waals surface area contributed by atoms with E-state index in [2.05, 4.69) is 23.4 Å². The van der Waals surface area contributed by atoms with Gasteiger partial charge in [0.25, 0.3) is 0 Å². The Balaban J connectivity index is 2.84. The molecule has 8 heteroatoms. The summed E-state index contributed by atoms with van der Waals surface area (Å²) in [6.07, 6.45) is -11.3. The average molecular weight is 358 g/mol. The van der Waals surface area contributed by atoms with Crippen LogP contribution in [0.4, 0.5) is 37.7 Å². The van der Waals surface area contributed by atoms with Crippen molar-refractivity contribution in [3.8, 4) is 0 Å². The molecular formula is C17H12F6N2. The van der Waals surface area contributed by atoms with Crippen molar-refractivity contribution in [2.24, 2.45) is 9.98 Å². The number of aliphatic imine (C=N–C) groups is 2. The van der Waals surface area contributed by atoms with Crippen molar-refractivity contribution >= 4 is 24.8 Å². The Kier molecular flexibility index (Phi) is 4.74. The van der Waals surface area contributed by atoms with Crippen molar-refractivity contribution in [3.63, 3.8) is 0 Å². The Hall–Kier alpha value is -2.64. The van der Waals surface area contributed by atoms with Crippen LogP contribution < -0.4 is 0 Å². The van der Waals surface area contributed by atoms with Crippen LogP contribution in [0.15, 0.2) is 58.5 Å². The molecule has 0 amide bonds. The molecule has 2 nitrogen and oxygen atoms in total. The van der Waals surface area contributed by atoms with Crippen LogP contribution in [0.25, 0.3) is 0 Å². The summed E-state index contributed by atoms with van der Waals surface area (Å²) in [5, 5.41) is 0. The normalized spacial score (nSPS) is 12.7. The Labute approximate surface area is 139 Å². The molecule has 0 unspecified atom stereocenters. The van der Waals surface area contributed by atoms with Gasteiger partial charge in [-0.2, -0.15) is 26.3 Å². The third-order valence-electron chi connectivity index (χ3n) is 3.82. The fraction of sp³-hybridized carbons (Fsp3) is 0.176. The molecule has 0 aliphatic heterocycles. The minimum atomic E-state index is -5.63. The summed E-state index contributed by atoms with van der Waals surface area (Å²) in [5.74, 6) is 0. The molecule has 132 valence electrons. The van der Waals surface area contributed by atoms with Crippen molar-refractivity contribution in [1.29, 1.82) is 0 Å². The van der Waals surface area contributed by atoms with E-state index < -0.39 is 28.9 Å². The van der Waals surface area contributed by atoms with E-state index in [1.807, 2.05) is 0 Å². The maximum Gasteiger partial charge on any atom is 0.411 e. The molecule has 0 aromatic heterocycles. The maximum atomic E-state index is 13.8. The fourth-order valence-corrected chi connectivity index (χ4v) is 2.62. The lowest BCUT2D eigenvalue weighted by atomic mass is 9.73. The van der Waals surface area contributed by atoms with E-state index in [1.54, 1.807) is 0 Å². The van der Waals surface area contributed by atoms with Crippen molar-refractivity contribution < 1.29 is 26.3 Å². The molecule has 0 spiro atoms. The zero-order valence-corrected chi connectivity index (χ0v) is 12.7. The lowest BCUT2D eigenvalue weighted by Crippen LogP contribution is -2.54. The van der Waals surface area contributed by atoms with Gasteiger partial charge in [-0.3, -0.25) is 9.98 Å². The van der Waals surface area contributed by atoms with Crippen LogP contribution in [0.5, 0.6) is 0 Å². The van der Waals surface area contributed by atoms with Gasteiger partial charge < -0.3 is 0 Å². The lowest BCUT2D eigenvalue weighted by molar-refractivity contribution is -0.288. The predicted molar refractivity (Wildman–Crippen MR) is 84.2 cm³/mol. The summed E-state index contributed by atoms with van der Waals surface area (Å²) in [6, 6.07) is 7.22. The molecule has 0 bridgehead atoms. The quantitative estimate of drug-likeness (QED) is 0.490. The highest BCUT2D eigenvalue weighted by Crippen LogP contribution is 2.56. The summed E-state index contributed by atoms with van der Waals surface area (Å²) < 4.78 is 82.9. The van der Waals surface area contributed by atoms with Gasteiger partial charge in [-0.25, -0.2) is 0 Å². The molecule has 25 heavy (non-hydrogen) atoms. The molecule has 2 aromatic rings.